The van der Waals surface area contributed by atoms with Crippen molar-refractivity contribution in [2.75, 3.05) is 25.1 Å². The molecule has 5 nitrogen and oxygen atoms in total. The molecule has 1 N–H and O–H groups in total. The molecule has 0 bridgehead atoms. The van der Waals surface area contributed by atoms with Crippen molar-refractivity contribution in [1.82, 2.24) is 5.32 Å². The molecule has 1 aromatic rings. The molecule has 1 aliphatic rings. The second-order valence-electron chi connectivity index (χ2n) is 3.61. The molecule has 1 aromatic carbocycles. The zero-order valence-electron chi connectivity index (χ0n) is 9.20. The number of hydrogen-bond donors (Lipinski definition) is 1. The Balaban J connectivity index is 2.34. The van der Waals surface area contributed by atoms with E-state index in [-0.39, 0.29) is 24.9 Å². The lowest BCUT2D eigenvalue weighted by Crippen LogP contribution is -2.51. The zero-order valence-corrected chi connectivity index (χ0v) is 10.8. The first-order chi connectivity index (χ1) is 8.10. The van der Waals surface area contributed by atoms with Gasteiger partial charge in [-0.2, -0.15) is 0 Å². The maximum atomic E-state index is 11.7. The van der Waals surface area contributed by atoms with Gasteiger partial charge in [-0.05, 0) is 12.1 Å². The predicted octanol–water partition coefficient (Wildman–Crippen LogP) is 0.920. The van der Waals surface area contributed by atoms with E-state index in [2.05, 4.69) is 21.2 Å². The van der Waals surface area contributed by atoms with Crippen LogP contribution in [-0.2, 0) is 9.59 Å². The van der Waals surface area contributed by atoms with Crippen LogP contribution < -0.4 is 15.0 Å². The molecule has 1 saturated heterocycles. The summed E-state index contributed by atoms with van der Waals surface area (Å²) in [7, 11) is 1.55. The minimum absolute atomic E-state index is 0.0354. The van der Waals surface area contributed by atoms with E-state index < -0.39 is 0 Å². The van der Waals surface area contributed by atoms with E-state index in [1.807, 2.05) is 0 Å². The second-order valence-corrected chi connectivity index (χ2v) is 4.52. The lowest BCUT2D eigenvalue weighted by atomic mass is 10.2. The number of carbonyl (C=O) groups excluding carboxylic acids is 2. The smallest absolute Gasteiger partial charge is 0.246 e. The first-order valence-corrected chi connectivity index (χ1v) is 5.81. The molecule has 2 rings (SSSR count). The summed E-state index contributed by atoms with van der Waals surface area (Å²) in [5, 5.41) is 2.50. The first kappa shape index (κ1) is 11.9. The molecule has 1 fully saturated rings. The fraction of sp³-hybridized carbons (Fsp3) is 0.273. The number of nitrogens with one attached hydrogen (secondary N) is 1. The topological polar surface area (TPSA) is 58.6 Å². The molecule has 2 amide bonds. The van der Waals surface area contributed by atoms with E-state index in [4.69, 9.17) is 4.74 Å². The highest BCUT2D eigenvalue weighted by atomic mass is 79.9. The molecular formula is C11H11BrN2O3. The van der Waals surface area contributed by atoms with Crippen LogP contribution >= 0.6 is 15.9 Å². The Bertz CT molecular complexity index is 476. The van der Waals surface area contributed by atoms with E-state index in [1.165, 1.54) is 4.90 Å². The van der Waals surface area contributed by atoms with Crippen LogP contribution in [0.25, 0.3) is 0 Å². The van der Waals surface area contributed by atoms with Crippen LogP contribution in [0.15, 0.2) is 22.7 Å². The molecule has 17 heavy (non-hydrogen) atoms. The van der Waals surface area contributed by atoms with Gasteiger partial charge < -0.3 is 15.0 Å². The first-order valence-electron chi connectivity index (χ1n) is 5.02. The third kappa shape index (κ3) is 2.58. The van der Waals surface area contributed by atoms with Crippen molar-refractivity contribution in [3.8, 4) is 5.75 Å². The monoisotopic (exact) mass is 298 g/mol. The third-order valence-corrected chi connectivity index (χ3v) is 2.90. The highest BCUT2D eigenvalue weighted by molar-refractivity contribution is 9.10. The van der Waals surface area contributed by atoms with Crippen molar-refractivity contribution in [2.45, 2.75) is 0 Å². The van der Waals surface area contributed by atoms with Crippen molar-refractivity contribution >= 4 is 33.4 Å². The zero-order chi connectivity index (χ0) is 12.4. The van der Waals surface area contributed by atoms with Crippen LogP contribution in [-0.4, -0.2) is 32.0 Å². The Morgan fingerprint density at radius 1 is 1.35 bits per heavy atom. The molecule has 6 heteroatoms. The molecular weight excluding hydrogens is 288 g/mol. The van der Waals surface area contributed by atoms with Gasteiger partial charge >= 0.3 is 0 Å². The summed E-state index contributed by atoms with van der Waals surface area (Å²) in [5.41, 5.74) is 0.649. The van der Waals surface area contributed by atoms with Crippen molar-refractivity contribution in [1.29, 1.82) is 0 Å². The van der Waals surface area contributed by atoms with Crippen molar-refractivity contribution in [3.05, 3.63) is 22.7 Å². The van der Waals surface area contributed by atoms with Gasteiger partial charge in [-0.3, -0.25) is 9.59 Å². The summed E-state index contributed by atoms with van der Waals surface area (Å²) in [4.78, 5) is 24.4. The number of amides is 2. The molecule has 0 aromatic heterocycles. The predicted molar refractivity (Wildman–Crippen MR) is 66.1 cm³/mol. The summed E-state index contributed by atoms with van der Waals surface area (Å²) in [6.45, 7) is 0.0755. The van der Waals surface area contributed by atoms with E-state index in [0.29, 0.717) is 11.4 Å². The Morgan fingerprint density at radius 3 is 2.82 bits per heavy atom. The molecule has 0 atom stereocenters. The van der Waals surface area contributed by atoms with Gasteiger partial charge in [-0.1, -0.05) is 15.9 Å². The number of halogens is 1. The van der Waals surface area contributed by atoms with Gasteiger partial charge in [0.25, 0.3) is 0 Å². The fourth-order valence-electron chi connectivity index (χ4n) is 1.61. The molecule has 0 radical (unpaired) electrons. The van der Waals surface area contributed by atoms with Crippen LogP contribution in [0, 0.1) is 0 Å². The molecule has 1 heterocycles. The minimum atomic E-state index is -0.163. The Hall–Kier alpha value is -1.56. The standard InChI is InChI=1S/C11H11BrN2O3/c1-17-9-3-7(12)2-8(4-9)14-6-10(15)13-5-11(14)16/h2-4H,5-6H2,1H3,(H,13,15). The number of methoxy groups -OCH3 is 1. The van der Waals surface area contributed by atoms with E-state index in [9.17, 15) is 9.59 Å². The summed E-state index contributed by atoms with van der Waals surface area (Å²) in [6, 6.07) is 5.29. The number of nitrogens with zero attached hydrogens (tertiary/aromatic N) is 1. The number of hydrogen-bond acceptors (Lipinski definition) is 3. The normalized spacial score (nSPS) is 15.8. The largest absolute Gasteiger partial charge is 0.497 e. The summed E-state index contributed by atoms with van der Waals surface area (Å²) < 4.78 is 5.92. The summed E-state index contributed by atoms with van der Waals surface area (Å²) in [6.07, 6.45) is 0. The van der Waals surface area contributed by atoms with E-state index in [1.54, 1.807) is 25.3 Å². The summed E-state index contributed by atoms with van der Waals surface area (Å²) >= 11 is 3.34. The van der Waals surface area contributed by atoms with Crippen molar-refractivity contribution in [3.63, 3.8) is 0 Å². The average Bonchev–Trinajstić information content (AvgIpc) is 2.31. The maximum Gasteiger partial charge on any atom is 0.246 e. The van der Waals surface area contributed by atoms with Crippen LogP contribution in [0.1, 0.15) is 0 Å². The van der Waals surface area contributed by atoms with Gasteiger partial charge in [0, 0.05) is 16.2 Å². The molecule has 0 aliphatic carbocycles. The molecule has 90 valence electrons. The second kappa shape index (κ2) is 4.75. The van der Waals surface area contributed by atoms with Gasteiger partial charge in [0.05, 0.1) is 13.7 Å². The quantitative estimate of drug-likeness (QED) is 0.883. The van der Waals surface area contributed by atoms with Crippen LogP contribution in [0.4, 0.5) is 5.69 Å². The lowest BCUT2D eigenvalue weighted by molar-refractivity contribution is -0.128. The van der Waals surface area contributed by atoms with Crippen LogP contribution in [0.5, 0.6) is 5.75 Å². The molecule has 0 unspecified atom stereocenters. The minimum Gasteiger partial charge on any atom is -0.497 e. The highest BCUT2D eigenvalue weighted by Gasteiger charge is 2.24. The summed E-state index contributed by atoms with van der Waals surface area (Å²) in [5.74, 6) is 0.335. The highest BCUT2D eigenvalue weighted by Crippen LogP contribution is 2.27. The van der Waals surface area contributed by atoms with Crippen LogP contribution in [0.2, 0.25) is 0 Å². The fourth-order valence-corrected chi connectivity index (χ4v) is 2.07. The van der Waals surface area contributed by atoms with Gasteiger partial charge in [0.2, 0.25) is 11.8 Å². The number of carbonyl (C=O) groups is 2. The number of benzene rings is 1. The number of ether oxygens (including phenoxy) is 1. The third-order valence-electron chi connectivity index (χ3n) is 2.44. The van der Waals surface area contributed by atoms with Gasteiger partial charge in [0.1, 0.15) is 12.3 Å². The maximum absolute atomic E-state index is 11.7. The average molecular weight is 299 g/mol. The van der Waals surface area contributed by atoms with Crippen molar-refractivity contribution < 1.29 is 14.3 Å². The Labute approximate surface area is 107 Å². The van der Waals surface area contributed by atoms with Gasteiger partial charge in [-0.15, -0.1) is 0 Å². The van der Waals surface area contributed by atoms with Crippen molar-refractivity contribution in [2.24, 2.45) is 0 Å². The number of anilines is 1. The Kier molecular flexibility index (Phi) is 3.33. The number of piperazine rings is 1. The van der Waals surface area contributed by atoms with Gasteiger partial charge in [-0.25, -0.2) is 0 Å². The number of rotatable bonds is 2. The van der Waals surface area contributed by atoms with E-state index in [0.717, 1.165) is 4.47 Å². The molecule has 0 saturated carbocycles. The SMILES string of the molecule is COc1cc(Br)cc(N2CC(=O)NCC2=O)c1. The molecule has 1 aliphatic heterocycles. The van der Waals surface area contributed by atoms with Crippen LogP contribution in [0.3, 0.4) is 0 Å². The lowest BCUT2D eigenvalue weighted by Gasteiger charge is -2.27. The van der Waals surface area contributed by atoms with Gasteiger partial charge in [0.15, 0.2) is 0 Å². The molecule has 0 spiro atoms. The Morgan fingerprint density at radius 2 is 2.12 bits per heavy atom. The van der Waals surface area contributed by atoms with E-state index >= 15 is 0 Å².